The number of rotatable bonds is 12. The standard InChI is InChI=1S/C32H39NO8/c1-6-7-8-11-20(2)27-26(30(35)39-5)29(34)31(36)28-24(38-4)18-23(40-17-10-9-16-33)19-25(28)41-32(27,31)21-12-14-22(37-3)15-13-21/h6-8,11-15,18-19,26-27,29,34,36H,2,9-10,16-17,33H2,1,3-5H3/b7-6-,11-8-/t26-,27-,29-,31+,32+/m0/s1. The maximum Gasteiger partial charge on any atom is 0.312 e. The van der Waals surface area contributed by atoms with Crippen LogP contribution >= 0.6 is 0 Å². The molecule has 2 aromatic rings. The second kappa shape index (κ2) is 12.4. The van der Waals surface area contributed by atoms with Gasteiger partial charge in [0.2, 0.25) is 0 Å². The number of allylic oxidation sites excluding steroid dienone is 4. The Kier molecular flexibility index (Phi) is 9.11. The van der Waals surface area contributed by atoms with Gasteiger partial charge in [0.25, 0.3) is 0 Å². The molecule has 1 saturated carbocycles. The number of nitrogens with two attached hydrogens (primary N) is 1. The van der Waals surface area contributed by atoms with Crippen molar-refractivity contribution in [1.82, 2.24) is 0 Å². The lowest BCUT2D eigenvalue weighted by Crippen LogP contribution is -2.52. The summed E-state index contributed by atoms with van der Waals surface area (Å²) in [5.41, 5.74) is 2.91. The zero-order chi connectivity index (χ0) is 29.8. The highest BCUT2D eigenvalue weighted by Gasteiger charge is 2.78. The van der Waals surface area contributed by atoms with Crippen LogP contribution in [0.4, 0.5) is 0 Å². The fourth-order valence-electron chi connectivity index (χ4n) is 6.09. The molecule has 1 heterocycles. The van der Waals surface area contributed by atoms with Crippen molar-refractivity contribution in [3.05, 3.63) is 84.0 Å². The minimum Gasteiger partial charge on any atom is -0.497 e. The average Bonchev–Trinajstić information content (AvgIpc) is 3.36. The number of carbonyl (C=O) groups excluding carboxylic acids is 1. The lowest BCUT2D eigenvalue weighted by atomic mass is 9.70. The lowest BCUT2D eigenvalue weighted by molar-refractivity contribution is -0.161. The molecule has 9 nitrogen and oxygen atoms in total. The van der Waals surface area contributed by atoms with Crippen LogP contribution in [0.1, 0.15) is 30.9 Å². The molecular formula is C32H39NO8. The van der Waals surface area contributed by atoms with Gasteiger partial charge >= 0.3 is 5.97 Å². The molecule has 4 N–H and O–H groups in total. The number of unbranched alkanes of at least 4 members (excludes halogenated alkanes) is 1. The van der Waals surface area contributed by atoms with Crippen molar-refractivity contribution in [2.24, 2.45) is 17.6 Å². The summed E-state index contributed by atoms with van der Waals surface area (Å²) in [6.07, 6.45) is 7.10. The van der Waals surface area contributed by atoms with Crippen molar-refractivity contribution in [3.63, 3.8) is 0 Å². The highest BCUT2D eigenvalue weighted by atomic mass is 16.6. The van der Waals surface area contributed by atoms with E-state index in [0.29, 0.717) is 35.8 Å². The number of benzene rings is 2. The van der Waals surface area contributed by atoms with Crippen LogP contribution in [0.5, 0.6) is 23.0 Å². The summed E-state index contributed by atoms with van der Waals surface area (Å²) < 4.78 is 29.0. The lowest BCUT2D eigenvalue weighted by Gasteiger charge is -2.41. The number of aliphatic hydroxyl groups excluding tert-OH is 1. The van der Waals surface area contributed by atoms with Crippen LogP contribution in [0, 0.1) is 11.8 Å². The molecule has 220 valence electrons. The third-order valence-electron chi connectivity index (χ3n) is 7.92. The number of ether oxygens (including phenoxy) is 5. The van der Waals surface area contributed by atoms with E-state index in [1.54, 1.807) is 55.7 Å². The molecule has 0 aromatic heterocycles. The quantitative estimate of drug-likeness (QED) is 0.200. The first-order chi connectivity index (χ1) is 19.7. The van der Waals surface area contributed by atoms with Gasteiger partial charge in [0, 0.05) is 18.1 Å². The van der Waals surface area contributed by atoms with E-state index in [-0.39, 0.29) is 17.1 Å². The maximum atomic E-state index is 13.3. The Morgan fingerprint density at radius 1 is 1.10 bits per heavy atom. The summed E-state index contributed by atoms with van der Waals surface area (Å²) in [4.78, 5) is 13.3. The number of hydrogen-bond donors (Lipinski definition) is 3. The Bertz CT molecular complexity index is 1320. The van der Waals surface area contributed by atoms with Gasteiger partial charge in [0.15, 0.2) is 11.2 Å². The molecule has 2 aliphatic rings. The van der Waals surface area contributed by atoms with Crippen LogP contribution < -0.4 is 24.7 Å². The van der Waals surface area contributed by atoms with Crippen LogP contribution in [-0.4, -0.2) is 56.8 Å². The Balaban J connectivity index is 1.99. The molecule has 0 unspecified atom stereocenters. The van der Waals surface area contributed by atoms with Gasteiger partial charge in [-0.25, -0.2) is 0 Å². The van der Waals surface area contributed by atoms with Gasteiger partial charge in [-0.2, -0.15) is 0 Å². The third kappa shape index (κ3) is 4.88. The number of hydrogen-bond acceptors (Lipinski definition) is 9. The second-order valence-corrected chi connectivity index (χ2v) is 10.1. The minimum atomic E-state index is -2.15. The summed E-state index contributed by atoms with van der Waals surface area (Å²) >= 11 is 0. The largest absolute Gasteiger partial charge is 0.497 e. The van der Waals surface area contributed by atoms with E-state index in [0.717, 1.165) is 12.8 Å². The average molecular weight is 566 g/mol. The number of esters is 1. The van der Waals surface area contributed by atoms with Crippen molar-refractivity contribution < 1.29 is 38.7 Å². The third-order valence-corrected chi connectivity index (χ3v) is 7.92. The van der Waals surface area contributed by atoms with Gasteiger partial charge in [-0.05, 0) is 49.6 Å². The van der Waals surface area contributed by atoms with E-state index < -0.39 is 35.1 Å². The SMILES string of the molecule is C=C(/C=C\C=C/C)[C@H]1[C@H](C(=O)OC)[C@H](O)[C@]2(O)c3c(OC)cc(OCCCCN)cc3O[C@]12c1ccc(OC)cc1. The predicted octanol–water partition coefficient (Wildman–Crippen LogP) is 3.77. The normalized spacial score (nSPS) is 26.5. The van der Waals surface area contributed by atoms with Crippen LogP contribution in [0.3, 0.4) is 0 Å². The fraction of sp³-hybridized carbons (Fsp3) is 0.406. The van der Waals surface area contributed by atoms with Gasteiger partial charge in [0.05, 0.1) is 39.4 Å². The van der Waals surface area contributed by atoms with Crippen molar-refractivity contribution in [1.29, 1.82) is 0 Å². The highest BCUT2D eigenvalue weighted by Crippen LogP contribution is 2.69. The van der Waals surface area contributed by atoms with Gasteiger partial charge in [0.1, 0.15) is 29.1 Å². The molecule has 0 amide bonds. The van der Waals surface area contributed by atoms with Crippen LogP contribution in [0.15, 0.2) is 72.9 Å². The summed E-state index contributed by atoms with van der Waals surface area (Å²) in [7, 11) is 4.25. The summed E-state index contributed by atoms with van der Waals surface area (Å²) in [5.74, 6) is -1.32. The second-order valence-electron chi connectivity index (χ2n) is 10.1. The Morgan fingerprint density at radius 2 is 1.83 bits per heavy atom. The van der Waals surface area contributed by atoms with E-state index in [4.69, 9.17) is 29.4 Å². The molecule has 41 heavy (non-hydrogen) atoms. The number of aliphatic hydroxyl groups is 2. The smallest absolute Gasteiger partial charge is 0.312 e. The van der Waals surface area contributed by atoms with E-state index in [1.807, 2.05) is 19.1 Å². The molecule has 5 atom stereocenters. The molecule has 2 aromatic carbocycles. The van der Waals surface area contributed by atoms with Gasteiger partial charge in [-0.15, -0.1) is 0 Å². The molecule has 4 rings (SSSR count). The summed E-state index contributed by atoms with van der Waals surface area (Å²) in [6.45, 7) is 7.13. The number of carbonyl (C=O) groups is 1. The first kappa shape index (κ1) is 30.2. The van der Waals surface area contributed by atoms with E-state index in [1.165, 1.54) is 14.2 Å². The van der Waals surface area contributed by atoms with Gasteiger partial charge in [-0.3, -0.25) is 4.79 Å². The molecule has 0 bridgehead atoms. The molecular weight excluding hydrogens is 526 g/mol. The summed E-state index contributed by atoms with van der Waals surface area (Å²) in [6, 6.07) is 10.3. The number of methoxy groups -OCH3 is 3. The van der Waals surface area contributed by atoms with E-state index >= 15 is 0 Å². The van der Waals surface area contributed by atoms with Crippen LogP contribution in [0.25, 0.3) is 0 Å². The summed E-state index contributed by atoms with van der Waals surface area (Å²) in [5, 5.41) is 24.8. The predicted molar refractivity (Wildman–Crippen MR) is 154 cm³/mol. The Hall–Kier alpha value is -3.79. The van der Waals surface area contributed by atoms with Gasteiger partial charge in [-0.1, -0.05) is 43.0 Å². The topological polar surface area (TPSA) is 130 Å². The molecule has 1 aliphatic heterocycles. The molecule has 9 heteroatoms. The monoisotopic (exact) mass is 565 g/mol. The zero-order valence-electron chi connectivity index (χ0n) is 24.0. The van der Waals surface area contributed by atoms with Crippen molar-refractivity contribution in [2.45, 2.75) is 37.1 Å². The first-order valence-corrected chi connectivity index (χ1v) is 13.6. The fourth-order valence-corrected chi connectivity index (χ4v) is 6.09. The van der Waals surface area contributed by atoms with Crippen molar-refractivity contribution >= 4 is 5.97 Å². The Morgan fingerprint density at radius 3 is 2.44 bits per heavy atom. The number of fused-ring (bicyclic) bond motifs is 3. The zero-order valence-corrected chi connectivity index (χ0v) is 24.0. The van der Waals surface area contributed by atoms with E-state index in [9.17, 15) is 15.0 Å². The molecule has 0 spiro atoms. The minimum absolute atomic E-state index is 0.208. The molecule has 0 radical (unpaired) electrons. The first-order valence-electron chi connectivity index (χ1n) is 13.6. The van der Waals surface area contributed by atoms with Crippen LogP contribution in [-0.2, 0) is 20.7 Å². The van der Waals surface area contributed by atoms with Crippen LogP contribution in [0.2, 0.25) is 0 Å². The van der Waals surface area contributed by atoms with Crippen molar-refractivity contribution in [2.75, 3.05) is 34.5 Å². The van der Waals surface area contributed by atoms with E-state index in [2.05, 4.69) is 6.58 Å². The Labute approximate surface area is 240 Å². The molecule has 1 aliphatic carbocycles. The molecule has 0 saturated heterocycles. The maximum absolute atomic E-state index is 13.3. The van der Waals surface area contributed by atoms with Crippen molar-refractivity contribution in [3.8, 4) is 23.0 Å². The highest BCUT2D eigenvalue weighted by molar-refractivity contribution is 5.78. The molecule has 1 fully saturated rings. The van der Waals surface area contributed by atoms with Gasteiger partial charge < -0.3 is 39.6 Å².